The number of pyridine rings is 1. The maximum absolute atomic E-state index is 5.55. The van der Waals surface area contributed by atoms with Crippen molar-refractivity contribution in [1.29, 1.82) is 0 Å². The Morgan fingerprint density at radius 2 is 2.00 bits per heavy atom. The van der Waals surface area contributed by atoms with Gasteiger partial charge in [-0.2, -0.15) is 4.98 Å². The molecule has 4 rings (SSSR count). The van der Waals surface area contributed by atoms with Gasteiger partial charge in [-0.1, -0.05) is 37.2 Å². The lowest BCUT2D eigenvalue weighted by atomic mass is 9.89. The van der Waals surface area contributed by atoms with Crippen LogP contribution in [0.2, 0.25) is 0 Å². The Bertz CT molecular complexity index is 888. The predicted octanol–water partition coefficient (Wildman–Crippen LogP) is 4.37. The molecule has 2 aromatic heterocycles. The van der Waals surface area contributed by atoms with Crippen LogP contribution in [-0.2, 0) is 13.0 Å². The minimum atomic E-state index is 0.0868. The molecule has 1 aliphatic heterocycles. The van der Waals surface area contributed by atoms with Crippen LogP contribution in [0.25, 0.3) is 11.4 Å². The highest BCUT2D eigenvalue weighted by atomic mass is 16.5. The zero-order valence-electron chi connectivity index (χ0n) is 15.5. The first-order valence-corrected chi connectivity index (χ1v) is 9.22. The summed E-state index contributed by atoms with van der Waals surface area (Å²) in [5.41, 5.74) is 5.29. The quantitative estimate of drug-likeness (QED) is 0.700. The Morgan fingerprint density at radius 1 is 1.12 bits per heavy atom. The third kappa shape index (κ3) is 3.15. The summed E-state index contributed by atoms with van der Waals surface area (Å²) in [6.45, 7) is 8.59. The highest BCUT2D eigenvalue weighted by molar-refractivity contribution is 5.51. The fourth-order valence-corrected chi connectivity index (χ4v) is 3.71. The van der Waals surface area contributed by atoms with Gasteiger partial charge in [-0.3, -0.25) is 9.88 Å². The molecule has 1 aliphatic rings. The zero-order valence-corrected chi connectivity index (χ0v) is 15.5. The lowest BCUT2D eigenvalue weighted by molar-refractivity contribution is 0.157. The molecule has 134 valence electrons. The molecule has 0 fully saturated rings. The number of rotatable bonds is 4. The van der Waals surface area contributed by atoms with E-state index in [2.05, 4.69) is 59.0 Å². The normalized spacial score (nSPS) is 15.8. The first-order chi connectivity index (χ1) is 12.6. The topological polar surface area (TPSA) is 55.1 Å². The molecule has 0 aliphatic carbocycles. The van der Waals surface area contributed by atoms with Gasteiger partial charge in [0.15, 0.2) is 0 Å². The summed E-state index contributed by atoms with van der Waals surface area (Å²) in [6.07, 6.45) is 4.56. The summed E-state index contributed by atoms with van der Waals surface area (Å²) in [5.74, 6) is 1.82. The lowest BCUT2D eigenvalue weighted by Gasteiger charge is -2.33. The molecule has 0 saturated carbocycles. The fraction of sp³-hybridized carbons (Fsp3) is 0.381. The van der Waals surface area contributed by atoms with Crippen molar-refractivity contribution in [2.75, 3.05) is 6.54 Å². The second kappa shape index (κ2) is 7.00. The van der Waals surface area contributed by atoms with Gasteiger partial charge in [-0.05, 0) is 48.1 Å². The predicted molar refractivity (Wildman–Crippen MR) is 101 cm³/mol. The molecule has 5 nitrogen and oxygen atoms in total. The summed E-state index contributed by atoms with van der Waals surface area (Å²) < 4.78 is 5.55. The van der Waals surface area contributed by atoms with E-state index in [-0.39, 0.29) is 6.04 Å². The standard InChI is InChI=1S/C21H24N4O/c1-14(2)18-8-4-6-17-13-25(11-9-19(17)18)15(3)21-23-20(24-26-21)16-7-5-10-22-12-16/h4-8,10,12,14-15H,9,11,13H2,1-3H3. The first kappa shape index (κ1) is 16.9. The molecule has 0 bridgehead atoms. The summed E-state index contributed by atoms with van der Waals surface area (Å²) in [7, 11) is 0. The fourth-order valence-electron chi connectivity index (χ4n) is 3.71. The van der Waals surface area contributed by atoms with Crippen LogP contribution in [0.4, 0.5) is 0 Å². The Hall–Kier alpha value is -2.53. The maximum atomic E-state index is 5.55. The van der Waals surface area contributed by atoms with Crippen molar-refractivity contribution in [1.82, 2.24) is 20.0 Å². The third-order valence-electron chi connectivity index (χ3n) is 5.22. The molecule has 0 spiro atoms. The molecular formula is C21H24N4O. The zero-order chi connectivity index (χ0) is 18.1. The molecule has 0 radical (unpaired) electrons. The molecule has 5 heteroatoms. The Morgan fingerprint density at radius 3 is 2.77 bits per heavy atom. The van der Waals surface area contributed by atoms with Crippen molar-refractivity contribution in [3.63, 3.8) is 0 Å². The van der Waals surface area contributed by atoms with Crippen molar-refractivity contribution < 1.29 is 4.52 Å². The average molecular weight is 348 g/mol. The van der Waals surface area contributed by atoms with Crippen molar-refractivity contribution in [3.05, 3.63) is 65.3 Å². The van der Waals surface area contributed by atoms with E-state index in [9.17, 15) is 0 Å². The van der Waals surface area contributed by atoms with Crippen molar-refractivity contribution in [2.24, 2.45) is 0 Å². The molecule has 3 aromatic rings. The van der Waals surface area contributed by atoms with Crippen LogP contribution in [0.5, 0.6) is 0 Å². The highest BCUT2D eigenvalue weighted by Gasteiger charge is 2.27. The van der Waals surface area contributed by atoms with E-state index in [1.54, 1.807) is 12.4 Å². The minimum Gasteiger partial charge on any atom is -0.337 e. The Kier molecular flexibility index (Phi) is 4.55. The van der Waals surface area contributed by atoms with Gasteiger partial charge in [-0.25, -0.2) is 0 Å². The molecule has 0 N–H and O–H groups in total. The van der Waals surface area contributed by atoms with Gasteiger partial charge >= 0.3 is 0 Å². The number of aromatic nitrogens is 3. The van der Waals surface area contributed by atoms with E-state index in [0.717, 1.165) is 25.1 Å². The van der Waals surface area contributed by atoms with Gasteiger partial charge in [0.25, 0.3) is 0 Å². The van der Waals surface area contributed by atoms with Crippen LogP contribution in [0.15, 0.2) is 47.2 Å². The molecule has 3 heterocycles. The number of nitrogens with zero attached hydrogens (tertiary/aromatic N) is 4. The van der Waals surface area contributed by atoms with Crippen LogP contribution in [0.3, 0.4) is 0 Å². The summed E-state index contributed by atoms with van der Waals surface area (Å²) in [6, 6.07) is 10.6. The second-order valence-electron chi connectivity index (χ2n) is 7.23. The maximum Gasteiger partial charge on any atom is 0.244 e. The van der Waals surface area contributed by atoms with E-state index >= 15 is 0 Å². The largest absolute Gasteiger partial charge is 0.337 e. The van der Waals surface area contributed by atoms with Crippen molar-refractivity contribution >= 4 is 0 Å². The third-order valence-corrected chi connectivity index (χ3v) is 5.22. The highest BCUT2D eigenvalue weighted by Crippen LogP contribution is 2.31. The molecule has 0 saturated heterocycles. The van der Waals surface area contributed by atoms with Crippen molar-refractivity contribution in [2.45, 2.75) is 45.7 Å². The van der Waals surface area contributed by atoms with Gasteiger partial charge in [0.05, 0.1) is 6.04 Å². The van der Waals surface area contributed by atoms with Crippen LogP contribution in [0, 0.1) is 0 Å². The Labute approximate surface area is 154 Å². The number of hydrogen-bond donors (Lipinski definition) is 0. The van der Waals surface area contributed by atoms with E-state index in [0.29, 0.717) is 17.6 Å². The number of hydrogen-bond acceptors (Lipinski definition) is 5. The molecule has 1 aromatic carbocycles. The molecular weight excluding hydrogens is 324 g/mol. The molecule has 1 atom stereocenters. The van der Waals surface area contributed by atoms with Gasteiger partial charge in [0.2, 0.25) is 11.7 Å². The number of benzene rings is 1. The van der Waals surface area contributed by atoms with E-state index in [1.807, 2.05) is 12.1 Å². The molecule has 0 amide bonds. The Balaban J connectivity index is 1.54. The van der Waals surface area contributed by atoms with Crippen molar-refractivity contribution in [3.8, 4) is 11.4 Å². The summed E-state index contributed by atoms with van der Waals surface area (Å²) in [5, 5.41) is 4.13. The van der Waals surface area contributed by atoms with Crippen LogP contribution >= 0.6 is 0 Å². The van der Waals surface area contributed by atoms with Gasteiger partial charge in [0.1, 0.15) is 0 Å². The SMILES string of the molecule is CC(C)c1cccc2c1CCN(C(C)c1nc(-c3cccnc3)no1)C2. The second-order valence-corrected chi connectivity index (χ2v) is 7.23. The number of fused-ring (bicyclic) bond motifs is 1. The van der Waals surface area contributed by atoms with E-state index in [1.165, 1.54) is 16.7 Å². The smallest absolute Gasteiger partial charge is 0.244 e. The monoisotopic (exact) mass is 348 g/mol. The van der Waals surface area contributed by atoms with Gasteiger partial charge in [0, 0.05) is 31.0 Å². The van der Waals surface area contributed by atoms with Crippen LogP contribution in [0.1, 0.15) is 55.3 Å². The van der Waals surface area contributed by atoms with Crippen LogP contribution < -0.4 is 0 Å². The summed E-state index contributed by atoms with van der Waals surface area (Å²) in [4.78, 5) is 11.1. The minimum absolute atomic E-state index is 0.0868. The van der Waals surface area contributed by atoms with Gasteiger partial charge < -0.3 is 4.52 Å². The lowest BCUT2D eigenvalue weighted by Crippen LogP contribution is -2.33. The van der Waals surface area contributed by atoms with Gasteiger partial charge in [-0.15, -0.1) is 0 Å². The van der Waals surface area contributed by atoms with E-state index < -0.39 is 0 Å². The first-order valence-electron chi connectivity index (χ1n) is 9.22. The molecule has 1 unspecified atom stereocenters. The van der Waals surface area contributed by atoms with E-state index in [4.69, 9.17) is 4.52 Å². The average Bonchev–Trinajstić information content (AvgIpc) is 3.17. The molecule has 26 heavy (non-hydrogen) atoms. The van der Waals surface area contributed by atoms with Crippen LogP contribution in [-0.4, -0.2) is 26.6 Å². The summed E-state index contributed by atoms with van der Waals surface area (Å²) >= 11 is 0.